The van der Waals surface area contributed by atoms with Gasteiger partial charge in [-0.3, -0.25) is 4.98 Å². The third-order valence-electron chi connectivity index (χ3n) is 1.93. The van der Waals surface area contributed by atoms with E-state index in [0.29, 0.717) is 12.3 Å². The minimum absolute atomic E-state index is 0.319. The molecule has 82 valence electrons. The number of pyridine rings is 1. The lowest BCUT2D eigenvalue weighted by atomic mass is 10.2. The number of hydrogen-bond acceptors (Lipinski definition) is 4. The van der Waals surface area contributed by atoms with Crippen molar-refractivity contribution in [2.45, 2.75) is 25.9 Å². The van der Waals surface area contributed by atoms with Crippen molar-refractivity contribution < 1.29 is 14.6 Å². The highest BCUT2D eigenvalue weighted by Crippen LogP contribution is 2.10. The Balaban J connectivity index is 2.46. The first-order chi connectivity index (χ1) is 7.25. The van der Waals surface area contributed by atoms with E-state index in [0.717, 1.165) is 12.8 Å². The molecule has 1 N–H and O–H groups in total. The Hall–Kier alpha value is -1.42. The number of aliphatic hydroxyl groups is 1. The summed E-state index contributed by atoms with van der Waals surface area (Å²) in [5.74, 6) is -0.637. The van der Waals surface area contributed by atoms with Gasteiger partial charge in [0.1, 0.15) is 0 Å². The molecule has 1 atom stereocenters. The topological polar surface area (TPSA) is 59.4 Å². The van der Waals surface area contributed by atoms with Crippen LogP contribution in [-0.2, 0) is 9.53 Å². The van der Waals surface area contributed by atoms with Crippen LogP contribution in [0.2, 0.25) is 0 Å². The van der Waals surface area contributed by atoms with Gasteiger partial charge in [0.05, 0.1) is 12.3 Å². The van der Waals surface area contributed by atoms with Crippen molar-refractivity contribution in [3.8, 4) is 0 Å². The zero-order valence-corrected chi connectivity index (χ0v) is 8.72. The van der Waals surface area contributed by atoms with E-state index in [1.807, 2.05) is 6.92 Å². The fraction of sp³-hybridized carbons (Fsp3) is 0.455. The molecule has 0 amide bonds. The first-order valence-corrected chi connectivity index (χ1v) is 5.01. The van der Waals surface area contributed by atoms with Crippen LogP contribution in [-0.4, -0.2) is 22.7 Å². The van der Waals surface area contributed by atoms with Gasteiger partial charge in [-0.15, -0.1) is 0 Å². The molecule has 15 heavy (non-hydrogen) atoms. The highest BCUT2D eigenvalue weighted by Gasteiger charge is 2.19. The summed E-state index contributed by atoms with van der Waals surface area (Å²) in [6.45, 7) is 2.35. The molecule has 0 spiro atoms. The standard InChI is InChI=1S/C11H15NO3/c1-2-3-8-15-11(14)10(13)9-6-4-5-7-12-9/h4-7,10,13H,2-3,8H2,1H3. The molecule has 1 heterocycles. The summed E-state index contributed by atoms with van der Waals surface area (Å²) in [5.41, 5.74) is 0.319. The summed E-state index contributed by atoms with van der Waals surface area (Å²) in [4.78, 5) is 15.2. The van der Waals surface area contributed by atoms with E-state index in [4.69, 9.17) is 4.74 Å². The molecule has 0 bridgehead atoms. The fourth-order valence-electron chi connectivity index (χ4n) is 1.05. The molecule has 4 nitrogen and oxygen atoms in total. The summed E-state index contributed by atoms with van der Waals surface area (Å²) >= 11 is 0. The van der Waals surface area contributed by atoms with Gasteiger partial charge >= 0.3 is 5.97 Å². The van der Waals surface area contributed by atoms with E-state index in [1.54, 1.807) is 18.2 Å². The minimum atomic E-state index is -1.27. The van der Waals surface area contributed by atoms with Crippen LogP contribution in [0.3, 0.4) is 0 Å². The van der Waals surface area contributed by atoms with Crippen molar-refractivity contribution in [3.05, 3.63) is 30.1 Å². The number of carbonyl (C=O) groups is 1. The minimum Gasteiger partial charge on any atom is -0.463 e. The largest absolute Gasteiger partial charge is 0.463 e. The molecule has 0 aliphatic heterocycles. The highest BCUT2D eigenvalue weighted by atomic mass is 16.5. The highest BCUT2D eigenvalue weighted by molar-refractivity contribution is 5.75. The fourth-order valence-corrected chi connectivity index (χ4v) is 1.05. The summed E-state index contributed by atoms with van der Waals surface area (Å²) in [6.07, 6.45) is 2.01. The number of carbonyl (C=O) groups excluding carboxylic acids is 1. The van der Waals surface area contributed by atoms with Crippen LogP contribution in [0.1, 0.15) is 31.6 Å². The molecule has 1 aromatic rings. The molecule has 1 rings (SSSR count). The van der Waals surface area contributed by atoms with Crippen molar-refractivity contribution in [1.82, 2.24) is 4.98 Å². The van der Waals surface area contributed by atoms with Gasteiger partial charge in [-0.05, 0) is 18.6 Å². The second kappa shape index (κ2) is 6.14. The van der Waals surface area contributed by atoms with Crippen LogP contribution in [0.25, 0.3) is 0 Å². The zero-order chi connectivity index (χ0) is 11.1. The number of aliphatic hydroxyl groups excluding tert-OH is 1. The van der Waals surface area contributed by atoms with Crippen LogP contribution in [0, 0.1) is 0 Å². The second-order valence-electron chi connectivity index (χ2n) is 3.18. The van der Waals surface area contributed by atoms with E-state index in [-0.39, 0.29) is 0 Å². The van der Waals surface area contributed by atoms with Crippen molar-refractivity contribution in [2.24, 2.45) is 0 Å². The Bertz CT molecular complexity index is 300. The van der Waals surface area contributed by atoms with E-state index in [2.05, 4.69) is 4.98 Å². The quantitative estimate of drug-likeness (QED) is 0.589. The molecule has 0 aliphatic rings. The third-order valence-corrected chi connectivity index (χ3v) is 1.93. The molecule has 0 aliphatic carbocycles. The number of ether oxygens (including phenoxy) is 1. The Morgan fingerprint density at radius 3 is 3.00 bits per heavy atom. The molecule has 0 saturated heterocycles. The average molecular weight is 209 g/mol. The van der Waals surface area contributed by atoms with E-state index in [1.165, 1.54) is 6.20 Å². The number of hydrogen-bond donors (Lipinski definition) is 1. The van der Waals surface area contributed by atoms with Gasteiger partial charge in [-0.25, -0.2) is 4.79 Å². The van der Waals surface area contributed by atoms with Crippen molar-refractivity contribution in [3.63, 3.8) is 0 Å². The van der Waals surface area contributed by atoms with Gasteiger partial charge in [-0.2, -0.15) is 0 Å². The Labute approximate surface area is 88.9 Å². The summed E-state index contributed by atoms with van der Waals surface area (Å²) in [7, 11) is 0. The maximum Gasteiger partial charge on any atom is 0.341 e. The molecule has 0 radical (unpaired) electrons. The summed E-state index contributed by atoms with van der Waals surface area (Å²) in [6, 6.07) is 5.02. The monoisotopic (exact) mass is 209 g/mol. The SMILES string of the molecule is CCCCOC(=O)C(O)c1ccccn1. The predicted octanol–water partition coefficient (Wildman–Crippen LogP) is 1.46. The van der Waals surface area contributed by atoms with Crippen LogP contribution < -0.4 is 0 Å². The second-order valence-corrected chi connectivity index (χ2v) is 3.18. The average Bonchev–Trinajstić information content (AvgIpc) is 2.29. The molecular formula is C11H15NO3. The molecule has 0 saturated carbocycles. The number of aromatic nitrogens is 1. The Morgan fingerprint density at radius 2 is 2.40 bits per heavy atom. The number of nitrogens with zero attached hydrogens (tertiary/aromatic N) is 1. The van der Waals surface area contributed by atoms with E-state index >= 15 is 0 Å². The van der Waals surface area contributed by atoms with Crippen molar-refractivity contribution in [1.29, 1.82) is 0 Å². The van der Waals surface area contributed by atoms with E-state index in [9.17, 15) is 9.90 Å². The normalized spacial score (nSPS) is 12.1. The van der Waals surface area contributed by atoms with Gasteiger partial charge in [0, 0.05) is 6.20 Å². The van der Waals surface area contributed by atoms with Crippen LogP contribution in [0.15, 0.2) is 24.4 Å². The smallest absolute Gasteiger partial charge is 0.341 e. The first kappa shape index (κ1) is 11.7. The number of rotatable bonds is 5. The maximum absolute atomic E-state index is 11.3. The number of esters is 1. The van der Waals surface area contributed by atoms with Crippen LogP contribution in [0.5, 0.6) is 0 Å². The van der Waals surface area contributed by atoms with Crippen molar-refractivity contribution in [2.75, 3.05) is 6.61 Å². The third kappa shape index (κ3) is 3.67. The van der Waals surface area contributed by atoms with E-state index < -0.39 is 12.1 Å². The zero-order valence-electron chi connectivity index (χ0n) is 8.72. The molecule has 0 fully saturated rings. The molecule has 0 aromatic carbocycles. The Morgan fingerprint density at radius 1 is 1.60 bits per heavy atom. The van der Waals surface area contributed by atoms with Gasteiger partial charge in [0.25, 0.3) is 0 Å². The molecule has 1 aromatic heterocycles. The Kier molecular flexibility index (Phi) is 4.77. The van der Waals surface area contributed by atoms with Crippen molar-refractivity contribution >= 4 is 5.97 Å². The first-order valence-electron chi connectivity index (χ1n) is 5.01. The molecule has 1 unspecified atom stereocenters. The predicted molar refractivity (Wildman–Crippen MR) is 55.1 cm³/mol. The lowest BCUT2D eigenvalue weighted by Crippen LogP contribution is -2.17. The summed E-state index contributed by atoms with van der Waals surface area (Å²) in [5, 5.41) is 9.55. The van der Waals surface area contributed by atoms with Crippen LogP contribution >= 0.6 is 0 Å². The van der Waals surface area contributed by atoms with Crippen LogP contribution in [0.4, 0.5) is 0 Å². The maximum atomic E-state index is 11.3. The molecule has 4 heteroatoms. The van der Waals surface area contributed by atoms with Gasteiger partial charge in [0.15, 0.2) is 6.10 Å². The van der Waals surface area contributed by atoms with Gasteiger partial charge < -0.3 is 9.84 Å². The summed E-state index contributed by atoms with van der Waals surface area (Å²) < 4.78 is 4.87. The number of unbranched alkanes of at least 4 members (excludes halogenated alkanes) is 1. The van der Waals surface area contributed by atoms with Gasteiger partial charge in [-0.1, -0.05) is 19.4 Å². The lowest BCUT2D eigenvalue weighted by molar-refractivity contribution is -0.154. The van der Waals surface area contributed by atoms with Gasteiger partial charge in [0.2, 0.25) is 0 Å². The lowest BCUT2D eigenvalue weighted by Gasteiger charge is -2.09. The molecular weight excluding hydrogens is 194 g/mol.